The number of rotatable bonds is 4. The summed E-state index contributed by atoms with van der Waals surface area (Å²) in [4.78, 5) is 11.7. The van der Waals surface area contributed by atoms with Gasteiger partial charge in [-0.2, -0.15) is 0 Å². The molecule has 0 radical (unpaired) electrons. The molecule has 0 bridgehead atoms. The van der Waals surface area contributed by atoms with Crippen LogP contribution in [0, 0.1) is 11.3 Å². The third-order valence-corrected chi connectivity index (χ3v) is 2.18. The highest BCUT2D eigenvalue weighted by atomic mass is 28.1. The Bertz CT molecular complexity index is 224. The summed E-state index contributed by atoms with van der Waals surface area (Å²) in [6, 6.07) is 0. The zero-order valence-corrected chi connectivity index (χ0v) is 12.2. The summed E-state index contributed by atoms with van der Waals surface area (Å²) < 4.78 is 5.47. The lowest BCUT2D eigenvalue weighted by Gasteiger charge is -2.17. The Morgan fingerprint density at radius 3 is 2.21 bits per heavy atom. The second-order valence-electron chi connectivity index (χ2n) is 4.75. The van der Waals surface area contributed by atoms with Crippen molar-refractivity contribution in [1.82, 2.24) is 0 Å². The van der Waals surface area contributed by atoms with E-state index in [1.807, 2.05) is 34.6 Å². The van der Waals surface area contributed by atoms with E-state index >= 15 is 0 Å². The molecule has 3 heteroatoms. The van der Waals surface area contributed by atoms with E-state index in [2.05, 4.69) is 0 Å². The molecule has 0 N–H and O–H groups in total. The third kappa shape index (κ3) is 4.60. The van der Waals surface area contributed by atoms with Crippen LogP contribution in [0.15, 0.2) is 11.8 Å². The number of ether oxygens (including phenoxy) is 1. The number of hydrogen-bond donors (Lipinski definition) is 0. The smallest absolute Gasteiger partial charge is 0.164 e. The average Bonchev–Trinajstić information content (AvgIpc) is 2.01. The first kappa shape index (κ1) is 13.4. The Kier molecular flexibility index (Phi) is 5.12. The molecule has 0 aliphatic rings. The van der Waals surface area contributed by atoms with Crippen LogP contribution in [0.25, 0.3) is 0 Å². The van der Waals surface area contributed by atoms with Gasteiger partial charge in [-0.1, -0.05) is 34.6 Å². The van der Waals surface area contributed by atoms with Crippen molar-refractivity contribution in [1.29, 1.82) is 0 Å². The minimum Gasteiger partial charge on any atom is -0.502 e. The van der Waals surface area contributed by atoms with Crippen molar-refractivity contribution in [3.8, 4) is 0 Å². The fourth-order valence-corrected chi connectivity index (χ4v) is 1.22. The first-order chi connectivity index (χ1) is 6.29. The lowest BCUT2D eigenvalue weighted by Crippen LogP contribution is -2.19. The largest absolute Gasteiger partial charge is 0.502 e. The van der Waals surface area contributed by atoms with E-state index in [1.54, 1.807) is 6.08 Å². The second-order valence-corrected chi connectivity index (χ2v) is 5.33. The Labute approximate surface area is 90.1 Å². The van der Waals surface area contributed by atoms with Crippen LogP contribution in [-0.2, 0) is 9.53 Å². The van der Waals surface area contributed by atoms with E-state index < -0.39 is 0 Å². The SMILES string of the molecule is CC(C)/C(=C/C(=O)C(C)(C)C)OC[SiH3]. The van der Waals surface area contributed by atoms with Crippen molar-refractivity contribution in [2.24, 2.45) is 11.3 Å². The summed E-state index contributed by atoms with van der Waals surface area (Å²) in [5.41, 5.74) is -0.311. The molecule has 0 aliphatic heterocycles. The average molecular weight is 214 g/mol. The molecule has 0 aliphatic carbocycles. The minimum absolute atomic E-state index is 0.135. The molecule has 0 saturated carbocycles. The van der Waals surface area contributed by atoms with Crippen molar-refractivity contribution in [2.75, 3.05) is 6.23 Å². The second kappa shape index (κ2) is 5.34. The van der Waals surface area contributed by atoms with Crippen LogP contribution in [0.5, 0.6) is 0 Å². The zero-order chi connectivity index (χ0) is 11.4. The van der Waals surface area contributed by atoms with E-state index in [4.69, 9.17) is 4.74 Å². The first-order valence-corrected chi connectivity index (χ1v) is 6.59. The van der Waals surface area contributed by atoms with Crippen molar-refractivity contribution in [3.05, 3.63) is 11.8 Å². The summed E-state index contributed by atoms with van der Waals surface area (Å²) in [5, 5.41) is 0. The molecular weight excluding hydrogens is 192 g/mol. The van der Waals surface area contributed by atoms with Gasteiger partial charge in [0.2, 0.25) is 0 Å². The fraction of sp³-hybridized carbons (Fsp3) is 0.727. The number of carbonyl (C=O) groups excluding carboxylic acids is 1. The topological polar surface area (TPSA) is 26.3 Å². The molecule has 0 saturated heterocycles. The van der Waals surface area contributed by atoms with Crippen molar-refractivity contribution < 1.29 is 9.53 Å². The predicted octanol–water partition coefficient (Wildman–Crippen LogP) is 1.48. The summed E-state index contributed by atoms with van der Waals surface area (Å²) in [6.45, 7) is 9.84. The van der Waals surface area contributed by atoms with Gasteiger partial charge in [-0.3, -0.25) is 4.79 Å². The molecule has 0 aromatic rings. The van der Waals surface area contributed by atoms with Crippen LogP contribution in [-0.4, -0.2) is 22.3 Å². The molecule has 0 aromatic carbocycles. The van der Waals surface area contributed by atoms with Gasteiger partial charge in [0.1, 0.15) is 5.76 Å². The molecule has 0 unspecified atom stereocenters. The maximum absolute atomic E-state index is 11.7. The summed E-state index contributed by atoms with van der Waals surface area (Å²) in [5.74, 6) is 1.24. The van der Waals surface area contributed by atoms with Crippen molar-refractivity contribution >= 4 is 16.0 Å². The molecule has 0 fully saturated rings. The van der Waals surface area contributed by atoms with Gasteiger partial charge in [-0.25, -0.2) is 0 Å². The van der Waals surface area contributed by atoms with Gasteiger partial charge < -0.3 is 4.74 Å². The van der Waals surface area contributed by atoms with Crippen LogP contribution in [0.3, 0.4) is 0 Å². The highest BCUT2D eigenvalue weighted by molar-refractivity contribution is 6.08. The standard InChI is InChI=1S/C11H22O2Si/c1-8(2)9(13-7-14)6-10(12)11(3,4)5/h6,8H,7H2,1-5,14H3/b9-6-. The van der Waals surface area contributed by atoms with E-state index in [0.29, 0.717) is 0 Å². The van der Waals surface area contributed by atoms with Gasteiger partial charge in [0.25, 0.3) is 0 Å². The molecule has 0 spiro atoms. The fourth-order valence-electron chi connectivity index (χ4n) is 0.887. The molecular formula is C11H22O2Si. The van der Waals surface area contributed by atoms with Gasteiger partial charge in [0.05, 0.1) is 16.5 Å². The normalized spacial score (nSPS) is 13.4. The van der Waals surface area contributed by atoms with E-state index in [1.165, 1.54) is 0 Å². The predicted molar refractivity (Wildman–Crippen MR) is 63.3 cm³/mol. The number of ketones is 1. The number of hydrogen-bond acceptors (Lipinski definition) is 2. The van der Waals surface area contributed by atoms with Crippen LogP contribution in [0.1, 0.15) is 34.6 Å². The Hall–Kier alpha value is -0.573. The quantitative estimate of drug-likeness (QED) is 0.402. The van der Waals surface area contributed by atoms with Gasteiger partial charge in [-0.15, -0.1) is 0 Å². The Morgan fingerprint density at radius 1 is 1.43 bits per heavy atom. The summed E-state index contributed by atoms with van der Waals surface area (Å²) >= 11 is 0. The molecule has 0 heterocycles. The molecule has 0 amide bonds. The van der Waals surface area contributed by atoms with Gasteiger partial charge >= 0.3 is 0 Å². The molecule has 0 rings (SSSR count). The summed E-state index contributed by atoms with van der Waals surface area (Å²) in [7, 11) is 0.998. The van der Waals surface area contributed by atoms with Crippen molar-refractivity contribution in [2.45, 2.75) is 34.6 Å². The summed E-state index contributed by atoms with van der Waals surface area (Å²) in [6.07, 6.45) is 2.41. The maximum atomic E-state index is 11.7. The van der Waals surface area contributed by atoms with E-state index in [-0.39, 0.29) is 17.1 Å². The Morgan fingerprint density at radius 2 is 1.93 bits per heavy atom. The molecule has 14 heavy (non-hydrogen) atoms. The van der Waals surface area contributed by atoms with Crippen LogP contribution in [0.4, 0.5) is 0 Å². The first-order valence-electron chi connectivity index (χ1n) is 5.17. The lowest BCUT2D eigenvalue weighted by molar-refractivity contribution is -0.121. The van der Waals surface area contributed by atoms with E-state index in [0.717, 1.165) is 22.2 Å². The van der Waals surface area contributed by atoms with Crippen LogP contribution in [0.2, 0.25) is 0 Å². The van der Waals surface area contributed by atoms with Crippen LogP contribution < -0.4 is 0 Å². The zero-order valence-electron chi connectivity index (χ0n) is 10.2. The lowest BCUT2D eigenvalue weighted by atomic mass is 9.90. The minimum atomic E-state index is -0.311. The van der Waals surface area contributed by atoms with Crippen LogP contribution >= 0.6 is 0 Å². The number of carbonyl (C=O) groups is 1. The van der Waals surface area contributed by atoms with Gasteiger partial charge in [0, 0.05) is 17.4 Å². The van der Waals surface area contributed by atoms with E-state index in [9.17, 15) is 4.79 Å². The van der Waals surface area contributed by atoms with Gasteiger partial charge in [-0.05, 0) is 0 Å². The maximum Gasteiger partial charge on any atom is 0.164 e. The molecule has 82 valence electrons. The number of allylic oxidation sites excluding steroid dienone is 2. The molecule has 2 nitrogen and oxygen atoms in total. The third-order valence-electron chi connectivity index (χ3n) is 1.89. The molecule has 0 atom stereocenters. The van der Waals surface area contributed by atoms with Gasteiger partial charge in [0.15, 0.2) is 5.78 Å². The molecule has 0 aromatic heterocycles. The highest BCUT2D eigenvalue weighted by Gasteiger charge is 2.20. The monoisotopic (exact) mass is 214 g/mol. The van der Waals surface area contributed by atoms with Crippen molar-refractivity contribution in [3.63, 3.8) is 0 Å². The highest BCUT2D eigenvalue weighted by Crippen LogP contribution is 2.19. The Balaban J connectivity index is 4.66.